The Morgan fingerprint density at radius 1 is 1.70 bits per heavy atom. The van der Waals surface area contributed by atoms with E-state index in [9.17, 15) is 0 Å². The smallest absolute Gasteiger partial charge is 0.300 e. The molecule has 0 saturated heterocycles. The summed E-state index contributed by atoms with van der Waals surface area (Å²) in [7, 11) is 0. The minimum atomic E-state index is -0.833. The first kappa shape index (κ1) is 8.75. The average molecular weight is 142 g/mol. The molecule has 0 unspecified atom stereocenters. The van der Waals surface area contributed by atoms with Gasteiger partial charge in [-0.15, -0.1) is 0 Å². The Morgan fingerprint density at radius 2 is 2.20 bits per heavy atom. The Morgan fingerprint density at radius 3 is 2.30 bits per heavy atom. The van der Waals surface area contributed by atoms with Crippen molar-refractivity contribution in [3.05, 3.63) is 24.2 Å². The topological polar surface area (TPSA) is 50.4 Å². The zero-order valence-corrected chi connectivity index (χ0v) is 6.00. The van der Waals surface area contributed by atoms with E-state index in [0.29, 0.717) is 0 Å². The largest absolute Gasteiger partial charge is 0.481 e. The molecule has 0 aliphatic heterocycles. The summed E-state index contributed by atoms with van der Waals surface area (Å²) in [5, 5.41) is 7.42. The Hall–Kier alpha value is -1.25. The Labute approximate surface area is 59.3 Å². The zero-order valence-electron chi connectivity index (χ0n) is 6.00. The van der Waals surface area contributed by atoms with Crippen LogP contribution < -0.4 is 0 Å². The molecule has 0 saturated carbocycles. The van der Waals surface area contributed by atoms with Crippen molar-refractivity contribution in [1.29, 1.82) is 0 Å². The van der Waals surface area contributed by atoms with E-state index in [1.54, 1.807) is 12.5 Å². The van der Waals surface area contributed by atoms with Crippen molar-refractivity contribution in [3.63, 3.8) is 0 Å². The quantitative estimate of drug-likeness (QED) is 0.599. The maximum Gasteiger partial charge on any atom is 0.300 e. The highest BCUT2D eigenvalue weighted by Crippen LogP contribution is 1.93. The van der Waals surface area contributed by atoms with Crippen molar-refractivity contribution >= 4 is 5.97 Å². The summed E-state index contributed by atoms with van der Waals surface area (Å²) in [4.78, 5) is 9.00. The van der Waals surface area contributed by atoms with Crippen LogP contribution >= 0.6 is 0 Å². The van der Waals surface area contributed by atoms with Crippen LogP contribution in [-0.4, -0.2) is 11.1 Å². The van der Waals surface area contributed by atoms with Crippen LogP contribution in [0.4, 0.5) is 0 Å². The van der Waals surface area contributed by atoms with E-state index in [2.05, 4.69) is 0 Å². The van der Waals surface area contributed by atoms with Gasteiger partial charge in [0.1, 0.15) is 0 Å². The molecule has 0 atom stereocenters. The molecule has 10 heavy (non-hydrogen) atoms. The summed E-state index contributed by atoms with van der Waals surface area (Å²) in [6.45, 7) is 3.07. The molecule has 56 valence electrons. The first-order valence-corrected chi connectivity index (χ1v) is 2.81. The van der Waals surface area contributed by atoms with Crippen LogP contribution in [0.3, 0.4) is 0 Å². The molecule has 0 fully saturated rings. The maximum atomic E-state index is 9.00. The lowest BCUT2D eigenvalue weighted by Crippen LogP contribution is -1.78. The molecule has 1 aromatic heterocycles. The SMILES string of the molecule is CC(=O)O.Cc1ccoc1. The number of aliphatic carboxylic acids is 1. The highest BCUT2D eigenvalue weighted by Gasteiger charge is 1.75. The molecular formula is C7H10O3. The standard InChI is InChI=1S/C5H6O.C2H4O2/c1-5-2-3-6-4-5;1-2(3)4/h2-4H,1H3;1H3,(H,3,4). The molecule has 0 amide bonds. The lowest BCUT2D eigenvalue weighted by molar-refractivity contribution is -0.134. The number of carbonyl (C=O) groups is 1. The molecule has 0 radical (unpaired) electrons. The Kier molecular flexibility index (Phi) is 4.04. The third-order valence-electron chi connectivity index (χ3n) is 0.663. The first-order valence-electron chi connectivity index (χ1n) is 2.81. The van der Waals surface area contributed by atoms with E-state index in [0.717, 1.165) is 6.92 Å². The van der Waals surface area contributed by atoms with Crippen molar-refractivity contribution in [2.45, 2.75) is 13.8 Å². The second-order valence-corrected chi connectivity index (χ2v) is 1.82. The van der Waals surface area contributed by atoms with Crippen LogP contribution in [0.2, 0.25) is 0 Å². The second kappa shape index (κ2) is 4.61. The van der Waals surface area contributed by atoms with Crippen LogP contribution in [0.1, 0.15) is 12.5 Å². The maximum absolute atomic E-state index is 9.00. The van der Waals surface area contributed by atoms with E-state index >= 15 is 0 Å². The summed E-state index contributed by atoms with van der Waals surface area (Å²) in [5.41, 5.74) is 1.18. The van der Waals surface area contributed by atoms with Crippen LogP contribution in [0.25, 0.3) is 0 Å². The molecule has 0 aromatic carbocycles. The third-order valence-corrected chi connectivity index (χ3v) is 0.663. The monoisotopic (exact) mass is 142 g/mol. The van der Waals surface area contributed by atoms with Gasteiger partial charge in [-0.1, -0.05) is 0 Å². The number of furan rings is 1. The van der Waals surface area contributed by atoms with Gasteiger partial charge in [-0.05, 0) is 18.6 Å². The number of carboxylic acid groups (broad SMARTS) is 1. The summed E-state index contributed by atoms with van der Waals surface area (Å²) in [6.07, 6.45) is 3.37. The predicted molar refractivity (Wildman–Crippen MR) is 36.8 cm³/mol. The number of carboxylic acids is 1. The lowest BCUT2D eigenvalue weighted by atomic mass is 10.4. The van der Waals surface area contributed by atoms with Gasteiger partial charge in [-0.2, -0.15) is 0 Å². The number of hydrogen-bond donors (Lipinski definition) is 1. The molecule has 3 nitrogen and oxygen atoms in total. The second-order valence-electron chi connectivity index (χ2n) is 1.82. The number of hydrogen-bond acceptors (Lipinski definition) is 2. The third kappa shape index (κ3) is 6.75. The zero-order chi connectivity index (χ0) is 7.98. The Balaban J connectivity index is 0.000000180. The van der Waals surface area contributed by atoms with Crippen molar-refractivity contribution < 1.29 is 14.3 Å². The van der Waals surface area contributed by atoms with Gasteiger partial charge >= 0.3 is 0 Å². The number of aryl methyl sites for hydroxylation is 1. The molecule has 1 rings (SSSR count). The highest BCUT2D eigenvalue weighted by molar-refractivity contribution is 5.62. The molecule has 0 bridgehead atoms. The van der Waals surface area contributed by atoms with Crippen molar-refractivity contribution in [3.8, 4) is 0 Å². The van der Waals surface area contributed by atoms with Gasteiger partial charge < -0.3 is 9.52 Å². The summed E-state index contributed by atoms with van der Waals surface area (Å²) in [6, 6.07) is 1.92. The fraction of sp³-hybridized carbons (Fsp3) is 0.286. The molecule has 1 aromatic rings. The van der Waals surface area contributed by atoms with Crippen molar-refractivity contribution in [2.75, 3.05) is 0 Å². The molecule has 0 aliphatic rings. The van der Waals surface area contributed by atoms with Crippen LogP contribution in [-0.2, 0) is 4.79 Å². The van der Waals surface area contributed by atoms with Crippen molar-refractivity contribution in [1.82, 2.24) is 0 Å². The first-order chi connectivity index (χ1) is 4.63. The highest BCUT2D eigenvalue weighted by atomic mass is 16.4. The molecule has 0 aliphatic carbocycles. The van der Waals surface area contributed by atoms with Crippen LogP contribution in [0, 0.1) is 6.92 Å². The predicted octanol–water partition coefficient (Wildman–Crippen LogP) is 1.68. The van der Waals surface area contributed by atoms with E-state index in [1.807, 2.05) is 13.0 Å². The minimum Gasteiger partial charge on any atom is -0.481 e. The fourth-order valence-corrected chi connectivity index (χ4v) is 0.333. The van der Waals surface area contributed by atoms with Crippen molar-refractivity contribution in [2.24, 2.45) is 0 Å². The van der Waals surface area contributed by atoms with Gasteiger partial charge in [-0.3, -0.25) is 4.79 Å². The van der Waals surface area contributed by atoms with E-state index in [-0.39, 0.29) is 0 Å². The molecule has 0 spiro atoms. The molecule has 1 N–H and O–H groups in total. The Bertz CT molecular complexity index is 173. The lowest BCUT2D eigenvalue weighted by Gasteiger charge is -1.63. The molecule has 3 heteroatoms. The van der Waals surface area contributed by atoms with E-state index < -0.39 is 5.97 Å². The van der Waals surface area contributed by atoms with Gasteiger partial charge in [0, 0.05) is 6.92 Å². The summed E-state index contributed by atoms with van der Waals surface area (Å²) < 4.78 is 4.71. The van der Waals surface area contributed by atoms with Crippen LogP contribution in [0.15, 0.2) is 23.0 Å². The fourth-order valence-electron chi connectivity index (χ4n) is 0.333. The van der Waals surface area contributed by atoms with Gasteiger partial charge in [-0.25, -0.2) is 0 Å². The summed E-state index contributed by atoms with van der Waals surface area (Å²) in [5.74, 6) is -0.833. The van der Waals surface area contributed by atoms with Gasteiger partial charge in [0.25, 0.3) is 5.97 Å². The van der Waals surface area contributed by atoms with Gasteiger partial charge in [0.15, 0.2) is 0 Å². The van der Waals surface area contributed by atoms with Gasteiger partial charge in [0.2, 0.25) is 0 Å². The number of rotatable bonds is 0. The van der Waals surface area contributed by atoms with E-state index in [1.165, 1.54) is 5.56 Å². The average Bonchev–Trinajstić information content (AvgIpc) is 2.15. The van der Waals surface area contributed by atoms with E-state index in [4.69, 9.17) is 14.3 Å². The van der Waals surface area contributed by atoms with Gasteiger partial charge in [0.05, 0.1) is 12.5 Å². The summed E-state index contributed by atoms with van der Waals surface area (Å²) >= 11 is 0. The molecule has 1 heterocycles. The molecular weight excluding hydrogens is 132 g/mol. The van der Waals surface area contributed by atoms with Crippen LogP contribution in [0.5, 0.6) is 0 Å². The normalized spacial score (nSPS) is 7.80. The minimum absolute atomic E-state index is 0.833.